The van der Waals surface area contributed by atoms with Gasteiger partial charge in [-0.15, -0.1) is 0 Å². The number of benzene rings is 1. The van der Waals surface area contributed by atoms with E-state index in [1.807, 2.05) is 0 Å². The first-order chi connectivity index (χ1) is 51.0. The van der Waals surface area contributed by atoms with Crippen LogP contribution in [0.2, 0.25) is 0 Å². The molecule has 0 unspecified atom stereocenters. The van der Waals surface area contributed by atoms with E-state index in [4.69, 9.17) is 66.3 Å². The van der Waals surface area contributed by atoms with Crippen molar-refractivity contribution in [2.24, 2.45) is 0 Å². The number of amides is 1. The Morgan fingerprint density at radius 1 is 0.355 bits per heavy atom. The Morgan fingerprint density at radius 2 is 0.626 bits per heavy atom. The number of hydrogen-bond donors (Lipinski definition) is 21. The van der Waals surface area contributed by atoms with Gasteiger partial charge in [-0.1, -0.05) is 0 Å². The third-order valence-corrected chi connectivity index (χ3v) is 19.8. The van der Waals surface area contributed by atoms with Gasteiger partial charge in [-0.25, -0.2) is 22.0 Å². The number of ether oxygens (including phenoxy) is 14. The molecule has 107 heavy (non-hydrogen) atoms. The molecule has 24 heterocycles. The molecule has 0 saturated carbocycles. The van der Waals surface area contributed by atoms with E-state index in [-0.39, 0.29) is 11.1 Å². The Bertz CT molecular complexity index is 3680. The fourth-order valence-corrected chi connectivity index (χ4v) is 13.9. The molecule has 21 fully saturated rings. The maximum absolute atomic E-state index is 15.3. The first-order valence-corrected chi connectivity index (χ1v) is 33.3. The van der Waals surface area contributed by atoms with Crippen LogP contribution in [0.5, 0.6) is 0 Å². The number of aliphatic hydroxyl groups excluding tert-OH is 20. The number of nitrogens with one attached hydrogen (secondary N) is 1. The summed E-state index contributed by atoms with van der Waals surface area (Å²) in [5.74, 6) is -15.8. The van der Waals surface area contributed by atoms with Crippen LogP contribution in [0.1, 0.15) is 26.4 Å². The summed E-state index contributed by atoms with van der Waals surface area (Å²) < 4.78 is 156. The van der Waals surface area contributed by atoms with E-state index in [1.165, 1.54) is 36.7 Å². The maximum Gasteiger partial charge on any atom is 0.253 e. The Balaban J connectivity index is 0.872. The average Bonchev–Trinajstić information content (AvgIpc) is 1.71. The number of carbonyl (C=O) groups is 2. The van der Waals surface area contributed by atoms with Gasteiger partial charge in [0.1, 0.15) is 176 Å². The van der Waals surface area contributed by atoms with Crippen LogP contribution in [0.25, 0.3) is 16.6 Å². The van der Waals surface area contributed by atoms with Crippen LogP contribution in [0.4, 0.5) is 22.0 Å². The maximum atomic E-state index is 15.3. The highest BCUT2D eigenvalue weighted by atomic mass is 19.2. The molecule has 14 bridgehead atoms. The highest BCUT2D eigenvalue weighted by Crippen LogP contribution is 2.40. The zero-order valence-corrected chi connectivity index (χ0v) is 55.0. The third-order valence-electron chi connectivity index (χ3n) is 19.8. The summed E-state index contributed by atoms with van der Waals surface area (Å²) in [6.45, 7) is -8.00. The fourth-order valence-electron chi connectivity index (χ4n) is 13.9. The van der Waals surface area contributed by atoms with Crippen molar-refractivity contribution in [1.82, 2.24) is 14.7 Å². The molecule has 21 N–H and O–H groups in total. The SMILES string of the molecule is O=C(NC[C@H]1O[C@@H]2O[C@H]3[C@H](O)[C@@H](O)[C@@H](O[C@H]4[C@H](O)[C@@H](O)[C@@H](O[C@H]5[C@H](O)[C@@H](O)[C@@H](O[C@H]6[C@H](O)[C@@H](O)[C@@H](O[C@H]7[C@H](O)[C@@H](O)[C@@H](O[C@H]8[C@H](O)[C@@H](O)[C@@H](O[C@H]1[C@H](O)[C@H]2O)O[C@@H]8CO)O[C@@H]7CO)O[C@@H]6CO)O[C@@H]5CO)O[C@@H]4CO)O[C@@H]3CO)c1cc(C(=O)c2c(F)c(F)c(F)c(F)c2F)n2ccc(-c3ccncc3)cc12. The minimum absolute atomic E-state index is 0.275. The normalized spacial score (nSPS) is 43.1. The molecule has 0 aliphatic carbocycles. The Morgan fingerprint density at radius 3 is 0.916 bits per heavy atom. The van der Waals surface area contributed by atoms with Crippen molar-refractivity contribution in [1.29, 1.82) is 0 Å². The second-order valence-corrected chi connectivity index (χ2v) is 26.3. The minimum Gasteiger partial charge on any atom is -0.394 e. The van der Waals surface area contributed by atoms with Crippen LogP contribution in [0.15, 0.2) is 48.9 Å². The molecule has 25 rings (SSSR count). The molecule has 44 heteroatoms. The second-order valence-electron chi connectivity index (χ2n) is 26.3. The van der Waals surface area contributed by atoms with Gasteiger partial charge >= 0.3 is 0 Å². The molecule has 3 aromatic heterocycles. The Hall–Kier alpha value is -5.44. The lowest BCUT2D eigenvalue weighted by atomic mass is 9.95. The standard InChI is InChI=1S/C63H78F5N3O36/c64-29-28(30(65)32(67)33(68)31(29)66)34(78)20-8-18(19-7-17(3-6-71(19)20)16-1-4-69-5-2-16)56(93)70-9-21-49-35(79)42(86)57(94-21)102-50-22(10-72)96-59(44(88)37(50)81)104-52-24(12-74)98-61(46(90)39(52)83)106-54-26(14-76)100-63(48(92)41(54)85)107-55-27(15-77)99-62(47(91)40(55)84)105-53-25(13-75)97-60(45(89)38(53)82)103-51-23(11-73)95-58(101-49)43(87)36(51)80/h1-8,21-27,35-55,57-63,72-77,79-92H,9-15H2,(H,70,93)/t21-,22-,23-,24-,25-,26-,27-,35-,36-,37-,38-,39-,40-,41-,42-,43-,44-,45-,46-,47-,48-,49-,50-,51-,52-,53-,54-,55-,57-,58-,59-,60-,61-,62-,63-/m1/s1. The number of aliphatic hydroxyl groups is 20. The van der Waals surface area contributed by atoms with Gasteiger partial charge in [0.05, 0.1) is 56.4 Å². The number of halogens is 5. The molecule has 0 radical (unpaired) electrons. The van der Waals surface area contributed by atoms with Gasteiger partial charge < -0.3 is 178 Å². The number of hydrogen-bond acceptors (Lipinski definition) is 37. The number of rotatable bonds is 12. The highest BCUT2D eigenvalue weighted by Gasteiger charge is 2.60. The largest absolute Gasteiger partial charge is 0.394 e. The predicted octanol–water partition coefficient (Wildman–Crippen LogP) is -10.6. The fraction of sp³-hybridized carbons (Fsp3) is 0.667. The van der Waals surface area contributed by atoms with Crippen molar-refractivity contribution in [2.45, 2.75) is 215 Å². The summed E-state index contributed by atoms with van der Waals surface area (Å²) in [6, 6.07) is 6.31. The molecule has 4 aromatic rings. The molecular formula is C63H78F5N3O36. The van der Waals surface area contributed by atoms with Gasteiger partial charge in [0, 0.05) is 25.1 Å². The monoisotopic (exact) mass is 1550 g/mol. The average molecular weight is 1550 g/mol. The smallest absolute Gasteiger partial charge is 0.253 e. The highest BCUT2D eigenvalue weighted by molar-refractivity contribution is 6.12. The van der Waals surface area contributed by atoms with E-state index in [9.17, 15) is 125 Å². The summed E-state index contributed by atoms with van der Waals surface area (Å²) in [7, 11) is 0. The van der Waals surface area contributed by atoms with Crippen LogP contribution in [-0.2, 0) is 66.3 Å². The van der Waals surface area contributed by atoms with E-state index in [2.05, 4.69) is 10.3 Å². The van der Waals surface area contributed by atoms with Gasteiger partial charge in [0.25, 0.3) is 5.91 Å². The van der Waals surface area contributed by atoms with Crippen molar-refractivity contribution < 1.29 is 200 Å². The Kier molecular flexibility index (Phi) is 25.4. The molecule has 21 saturated heterocycles. The zero-order valence-electron chi connectivity index (χ0n) is 55.0. The number of ketones is 1. The number of fused-ring (bicyclic) bond motifs is 1. The molecule has 21 aliphatic heterocycles. The van der Waals surface area contributed by atoms with Crippen molar-refractivity contribution in [3.8, 4) is 11.1 Å². The van der Waals surface area contributed by atoms with E-state index in [1.54, 1.807) is 0 Å². The molecule has 1 aromatic carbocycles. The molecule has 39 nitrogen and oxygen atoms in total. The summed E-state index contributed by atoms with van der Waals surface area (Å²) in [4.78, 5) is 32.8. The lowest BCUT2D eigenvalue weighted by molar-refractivity contribution is -0.396. The van der Waals surface area contributed by atoms with Gasteiger partial charge in [-0.2, -0.15) is 0 Å². The van der Waals surface area contributed by atoms with E-state index < -0.39 is 319 Å². The molecule has 596 valence electrons. The van der Waals surface area contributed by atoms with Crippen molar-refractivity contribution >= 4 is 17.2 Å². The van der Waals surface area contributed by atoms with E-state index in [0.29, 0.717) is 11.6 Å². The van der Waals surface area contributed by atoms with Gasteiger partial charge in [-0.3, -0.25) is 14.6 Å². The number of nitrogens with zero attached hydrogens (tertiary/aromatic N) is 2. The van der Waals surface area contributed by atoms with Crippen molar-refractivity contribution in [2.75, 3.05) is 46.2 Å². The molecule has 21 aliphatic rings. The van der Waals surface area contributed by atoms with Gasteiger partial charge in [-0.05, 0) is 41.5 Å². The van der Waals surface area contributed by atoms with Crippen LogP contribution < -0.4 is 5.32 Å². The second kappa shape index (κ2) is 33.5. The molecule has 0 spiro atoms. The first kappa shape index (κ1) is 81.1. The van der Waals surface area contributed by atoms with Crippen molar-refractivity contribution in [3.05, 3.63) is 94.8 Å². The lowest BCUT2D eigenvalue weighted by Crippen LogP contribution is -2.68. The van der Waals surface area contributed by atoms with E-state index >= 15 is 8.78 Å². The molecule has 1 amide bonds. The van der Waals surface area contributed by atoms with Gasteiger partial charge in [0.2, 0.25) is 11.6 Å². The van der Waals surface area contributed by atoms with E-state index in [0.717, 1.165) is 10.6 Å². The first-order valence-electron chi connectivity index (χ1n) is 33.3. The quantitative estimate of drug-likeness (QED) is 0.0271. The van der Waals surface area contributed by atoms with Crippen LogP contribution in [0, 0.1) is 29.1 Å². The summed E-state index contributed by atoms with van der Waals surface area (Å²) in [5, 5.41) is 229. The third kappa shape index (κ3) is 15.3. The van der Waals surface area contributed by atoms with Crippen LogP contribution >= 0.6 is 0 Å². The topological polar surface area (TPSA) is 597 Å². The summed E-state index contributed by atoms with van der Waals surface area (Å²) in [6.07, 6.45) is -72.2. The van der Waals surface area contributed by atoms with Crippen LogP contribution in [0.3, 0.4) is 0 Å². The van der Waals surface area contributed by atoms with Crippen LogP contribution in [-0.4, -0.2) is 384 Å². The number of pyridine rings is 2. The zero-order chi connectivity index (χ0) is 77.2. The van der Waals surface area contributed by atoms with Crippen molar-refractivity contribution in [3.63, 3.8) is 0 Å². The minimum atomic E-state index is -2.60. The summed E-state index contributed by atoms with van der Waals surface area (Å²) >= 11 is 0. The lowest BCUT2D eigenvalue weighted by Gasteiger charge is -2.50. The molecule has 35 atom stereocenters. The Labute approximate surface area is 597 Å². The predicted molar refractivity (Wildman–Crippen MR) is 324 cm³/mol. The van der Waals surface area contributed by atoms with Gasteiger partial charge in [0.15, 0.2) is 67.3 Å². The summed E-state index contributed by atoms with van der Waals surface area (Å²) in [5.41, 5.74) is -3.00. The number of aromatic nitrogens is 2. The number of carbonyl (C=O) groups excluding carboxylic acids is 2. The molecular weight excluding hydrogens is 1470 g/mol.